The third-order valence-electron chi connectivity index (χ3n) is 4.67. The van der Waals surface area contributed by atoms with Crippen molar-refractivity contribution in [1.82, 2.24) is 4.98 Å². The van der Waals surface area contributed by atoms with E-state index in [4.69, 9.17) is 0 Å². The molecule has 0 amide bonds. The Bertz CT molecular complexity index is 1150. The minimum Gasteiger partial charge on any atom is -0.354 e. The number of nitrogens with zero attached hydrogens (tertiary/aromatic N) is 1. The number of rotatable bonds is 4. The van der Waals surface area contributed by atoms with Crippen LogP contribution >= 0.6 is 0 Å². The van der Waals surface area contributed by atoms with Gasteiger partial charge in [0.15, 0.2) is 5.43 Å². The molecule has 1 N–H and O–H groups in total. The number of aromatic amines is 1. The van der Waals surface area contributed by atoms with Crippen LogP contribution in [0.3, 0.4) is 0 Å². The average molecular weight is 352 g/mol. The number of hydrogen-bond donors (Lipinski definition) is 1. The van der Waals surface area contributed by atoms with Gasteiger partial charge in [0.2, 0.25) is 0 Å². The number of benzene rings is 3. The molecule has 3 heteroatoms. The molecule has 0 fully saturated rings. The summed E-state index contributed by atoms with van der Waals surface area (Å²) in [5.41, 5.74) is 4.63. The van der Waals surface area contributed by atoms with Crippen molar-refractivity contribution in [3.8, 4) is 11.3 Å². The van der Waals surface area contributed by atoms with E-state index in [9.17, 15) is 4.79 Å². The Morgan fingerprint density at radius 3 is 2.33 bits per heavy atom. The Balaban J connectivity index is 1.66. The quantitative estimate of drug-likeness (QED) is 0.470. The molecule has 4 aromatic rings. The van der Waals surface area contributed by atoms with Gasteiger partial charge in [-0.2, -0.15) is 0 Å². The van der Waals surface area contributed by atoms with Crippen LogP contribution in [0.4, 0.5) is 5.69 Å². The van der Waals surface area contributed by atoms with Crippen LogP contribution in [0.1, 0.15) is 18.4 Å². The van der Waals surface area contributed by atoms with E-state index < -0.39 is 0 Å². The summed E-state index contributed by atoms with van der Waals surface area (Å²) in [4.78, 5) is 20.5. The SMILES string of the molecule is CC(C=Nc1ccc2[nH]c(-c3ccccc3)cc(=O)c2c1)c1ccccc1. The van der Waals surface area contributed by atoms with Gasteiger partial charge in [-0.05, 0) is 29.3 Å². The largest absolute Gasteiger partial charge is 0.354 e. The summed E-state index contributed by atoms with van der Waals surface area (Å²) in [6.07, 6.45) is 1.92. The molecular weight excluding hydrogens is 332 g/mol. The lowest BCUT2D eigenvalue weighted by Gasteiger charge is -2.07. The first-order chi connectivity index (χ1) is 13.2. The highest BCUT2D eigenvalue weighted by Gasteiger charge is 2.06. The summed E-state index contributed by atoms with van der Waals surface area (Å²) >= 11 is 0. The number of nitrogens with one attached hydrogen (secondary N) is 1. The lowest BCUT2D eigenvalue weighted by molar-refractivity contribution is 1.04. The maximum absolute atomic E-state index is 12.6. The molecule has 0 saturated heterocycles. The van der Waals surface area contributed by atoms with Crippen molar-refractivity contribution in [2.75, 3.05) is 0 Å². The van der Waals surface area contributed by atoms with E-state index in [1.165, 1.54) is 5.56 Å². The van der Waals surface area contributed by atoms with Gasteiger partial charge < -0.3 is 4.98 Å². The Hall–Kier alpha value is -3.46. The van der Waals surface area contributed by atoms with Crippen molar-refractivity contribution < 1.29 is 0 Å². The van der Waals surface area contributed by atoms with Crippen molar-refractivity contribution in [1.29, 1.82) is 0 Å². The van der Waals surface area contributed by atoms with Crippen LogP contribution in [-0.2, 0) is 0 Å². The van der Waals surface area contributed by atoms with Gasteiger partial charge in [-0.1, -0.05) is 67.6 Å². The van der Waals surface area contributed by atoms with Crippen molar-refractivity contribution in [3.05, 3.63) is 101 Å². The monoisotopic (exact) mass is 352 g/mol. The van der Waals surface area contributed by atoms with Crippen molar-refractivity contribution in [2.24, 2.45) is 4.99 Å². The van der Waals surface area contributed by atoms with Crippen LogP contribution in [0.25, 0.3) is 22.2 Å². The van der Waals surface area contributed by atoms with Crippen molar-refractivity contribution >= 4 is 22.8 Å². The number of aromatic nitrogens is 1. The normalized spacial score (nSPS) is 12.5. The van der Waals surface area contributed by atoms with Gasteiger partial charge in [0.25, 0.3) is 0 Å². The standard InChI is InChI=1S/C24H20N2O/c1-17(18-8-4-2-5-9-18)16-25-20-12-13-22-21(14-20)24(27)15-23(26-22)19-10-6-3-7-11-19/h2-17H,1H3,(H,26,27). The van der Waals surface area contributed by atoms with Gasteiger partial charge in [0.05, 0.1) is 5.69 Å². The first-order valence-electron chi connectivity index (χ1n) is 9.02. The molecular formula is C24H20N2O. The van der Waals surface area contributed by atoms with Crippen LogP contribution < -0.4 is 5.43 Å². The Labute approximate surface area is 158 Å². The third kappa shape index (κ3) is 3.72. The molecule has 1 unspecified atom stereocenters. The van der Waals surface area contributed by atoms with Crippen molar-refractivity contribution in [2.45, 2.75) is 12.8 Å². The zero-order valence-corrected chi connectivity index (χ0v) is 15.1. The summed E-state index contributed by atoms with van der Waals surface area (Å²) < 4.78 is 0. The van der Waals surface area contributed by atoms with E-state index in [0.717, 1.165) is 22.5 Å². The van der Waals surface area contributed by atoms with Crippen LogP contribution in [0.15, 0.2) is 94.7 Å². The highest BCUT2D eigenvalue weighted by molar-refractivity contribution is 5.85. The molecule has 1 heterocycles. The topological polar surface area (TPSA) is 45.2 Å². The first kappa shape index (κ1) is 17.0. The zero-order valence-electron chi connectivity index (χ0n) is 15.1. The first-order valence-corrected chi connectivity index (χ1v) is 9.02. The average Bonchev–Trinajstić information content (AvgIpc) is 2.73. The number of hydrogen-bond acceptors (Lipinski definition) is 2. The Morgan fingerprint density at radius 1 is 0.889 bits per heavy atom. The number of pyridine rings is 1. The number of H-pyrrole nitrogens is 1. The molecule has 0 aliphatic carbocycles. The van der Waals surface area contributed by atoms with Crippen molar-refractivity contribution in [3.63, 3.8) is 0 Å². The summed E-state index contributed by atoms with van der Waals surface area (Å²) in [6.45, 7) is 2.11. The van der Waals surface area contributed by atoms with Gasteiger partial charge in [-0.3, -0.25) is 9.79 Å². The minimum atomic E-state index is -0.00393. The van der Waals surface area contributed by atoms with Gasteiger partial charge >= 0.3 is 0 Å². The molecule has 3 aromatic carbocycles. The molecule has 0 aliphatic rings. The number of aliphatic imine (C=N–C) groups is 1. The third-order valence-corrected chi connectivity index (χ3v) is 4.67. The predicted octanol–water partition coefficient (Wildman–Crippen LogP) is 5.70. The zero-order chi connectivity index (χ0) is 18.6. The van der Waals surface area contributed by atoms with Crippen LogP contribution in [0.2, 0.25) is 0 Å². The fraction of sp³-hybridized carbons (Fsp3) is 0.0833. The molecule has 1 atom stereocenters. The van der Waals surface area contributed by atoms with Crippen LogP contribution in [0.5, 0.6) is 0 Å². The van der Waals surface area contributed by atoms with Gasteiger partial charge in [-0.15, -0.1) is 0 Å². The second kappa shape index (κ2) is 7.42. The number of fused-ring (bicyclic) bond motifs is 1. The lowest BCUT2D eigenvalue weighted by atomic mass is 10.0. The molecule has 27 heavy (non-hydrogen) atoms. The fourth-order valence-electron chi connectivity index (χ4n) is 3.13. The minimum absolute atomic E-state index is 0.00393. The summed E-state index contributed by atoms with van der Waals surface area (Å²) in [5.74, 6) is 0.209. The van der Waals surface area contributed by atoms with E-state index in [2.05, 4.69) is 29.0 Å². The van der Waals surface area contributed by atoms with Crippen LogP contribution in [-0.4, -0.2) is 11.2 Å². The molecule has 0 spiro atoms. The predicted molar refractivity (Wildman–Crippen MR) is 113 cm³/mol. The van der Waals surface area contributed by atoms with Gasteiger partial charge in [-0.25, -0.2) is 0 Å². The van der Waals surface area contributed by atoms with E-state index in [1.807, 2.05) is 72.9 Å². The fourth-order valence-corrected chi connectivity index (χ4v) is 3.13. The summed E-state index contributed by atoms with van der Waals surface area (Å²) in [6, 6.07) is 27.4. The molecule has 3 nitrogen and oxygen atoms in total. The molecule has 1 aromatic heterocycles. The molecule has 0 saturated carbocycles. The lowest BCUT2D eigenvalue weighted by Crippen LogP contribution is -2.02. The maximum atomic E-state index is 12.6. The molecule has 0 radical (unpaired) electrons. The molecule has 0 bridgehead atoms. The maximum Gasteiger partial charge on any atom is 0.190 e. The van der Waals surface area contributed by atoms with E-state index in [0.29, 0.717) is 5.39 Å². The van der Waals surface area contributed by atoms with Gasteiger partial charge in [0, 0.05) is 34.8 Å². The van der Waals surface area contributed by atoms with E-state index >= 15 is 0 Å². The molecule has 4 rings (SSSR count). The molecule has 132 valence electrons. The Kier molecular flexibility index (Phi) is 4.67. The van der Waals surface area contributed by atoms with E-state index in [1.54, 1.807) is 6.07 Å². The second-order valence-corrected chi connectivity index (χ2v) is 6.62. The molecule has 0 aliphatic heterocycles. The highest BCUT2D eigenvalue weighted by atomic mass is 16.1. The summed E-state index contributed by atoms with van der Waals surface area (Å²) in [5, 5.41) is 0.650. The Morgan fingerprint density at radius 2 is 1.59 bits per heavy atom. The summed E-state index contributed by atoms with van der Waals surface area (Å²) in [7, 11) is 0. The van der Waals surface area contributed by atoms with Crippen LogP contribution in [0, 0.1) is 0 Å². The smallest absolute Gasteiger partial charge is 0.190 e. The second-order valence-electron chi connectivity index (χ2n) is 6.62. The highest BCUT2D eigenvalue weighted by Crippen LogP contribution is 2.22. The van der Waals surface area contributed by atoms with Gasteiger partial charge in [0.1, 0.15) is 0 Å². The van der Waals surface area contributed by atoms with E-state index in [-0.39, 0.29) is 11.3 Å².